The van der Waals surface area contributed by atoms with E-state index >= 15 is 0 Å². The van der Waals surface area contributed by atoms with E-state index in [1.807, 2.05) is 63.2 Å². The number of piperazine rings is 2. The number of oxazole rings is 2. The zero-order valence-corrected chi connectivity index (χ0v) is 35.6. The number of nitrogens with one attached hydrogen (secondary N) is 3. The van der Waals surface area contributed by atoms with Crippen molar-refractivity contribution in [1.82, 2.24) is 40.6 Å². The molecule has 0 unspecified atom stereocenters. The van der Waals surface area contributed by atoms with Gasteiger partial charge in [0.25, 0.3) is 12.0 Å². The highest BCUT2D eigenvalue weighted by Gasteiger charge is 2.35. The van der Waals surface area contributed by atoms with Crippen LogP contribution < -0.4 is 25.8 Å². The number of amides is 3. The van der Waals surface area contributed by atoms with E-state index in [1.165, 1.54) is 0 Å². The van der Waals surface area contributed by atoms with Crippen molar-refractivity contribution in [2.45, 2.75) is 109 Å². The van der Waals surface area contributed by atoms with Gasteiger partial charge in [0.1, 0.15) is 23.1 Å². The number of anilines is 2. The van der Waals surface area contributed by atoms with Crippen LogP contribution in [-0.2, 0) is 14.4 Å². The molecule has 4 aromatic rings. The first-order valence-corrected chi connectivity index (χ1v) is 21.8. The molecule has 15 nitrogen and oxygen atoms in total. The molecular weight excluding hydrogens is 749 g/mol. The molecule has 4 fully saturated rings. The van der Waals surface area contributed by atoms with Gasteiger partial charge in [0, 0.05) is 96.5 Å². The summed E-state index contributed by atoms with van der Waals surface area (Å²) in [5, 5.41) is 9.75. The van der Waals surface area contributed by atoms with Crippen LogP contribution in [0.15, 0.2) is 57.4 Å². The van der Waals surface area contributed by atoms with Crippen molar-refractivity contribution in [1.29, 1.82) is 0 Å². The lowest BCUT2D eigenvalue weighted by molar-refractivity contribution is -0.133. The minimum Gasteiger partial charge on any atom is -0.423 e. The van der Waals surface area contributed by atoms with Gasteiger partial charge in [-0.3, -0.25) is 24.2 Å². The van der Waals surface area contributed by atoms with Crippen LogP contribution in [-0.4, -0.2) is 144 Å². The van der Waals surface area contributed by atoms with E-state index in [0.29, 0.717) is 37.2 Å². The van der Waals surface area contributed by atoms with Gasteiger partial charge in [0.05, 0.1) is 0 Å². The highest BCUT2D eigenvalue weighted by molar-refractivity contribution is 5.86. The Morgan fingerprint density at radius 1 is 0.661 bits per heavy atom. The fourth-order valence-corrected chi connectivity index (χ4v) is 9.35. The smallest absolute Gasteiger partial charge is 0.299 e. The molecule has 0 bridgehead atoms. The van der Waals surface area contributed by atoms with Crippen LogP contribution in [0.4, 0.5) is 12.0 Å². The molecule has 0 aliphatic carbocycles. The third kappa shape index (κ3) is 10.2. The molecule has 6 heterocycles. The Morgan fingerprint density at radius 2 is 1.10 bits per heavy atom. The molecular formula is C44H64N10O5. The molecule has 0 spiro atoms. The second-order valence-corrected chi connectivity index (χ2v) is 16.9. The average molecular weight is 813 g/mol. The molecule has 0 radical (unpaired) electrons. The largest absolute Gasteiger partial charge is 0.423 e. The third-order valence-electron chi connectivity index (χ3n) is 12.6. The van der Waals surface area contributed by atoms with Crippen molar-refractivity contribution >= 4 is 52.0 Å². The van der Waals surface area contributed by atoms with Gasteiger partial charge in [-0.1, -0.05) is 24.3 Å². The molecule has 59 heavy (non-hydrogen) atoms. The molecule has 3 amide bonds. The van der Waals surface area contributed by atoms with Crippen LogP contribution in [0.1, 0.15) is 73.1 Å². The van der Waals surface area contributed by atoms with E-state index in [2.05, 4.69) is 63.4 Å². The zero-order valence-electron chi connectivity index (χ0n) is 35.6. The molecule has 15 heteroatoms. The van der Waals surface area contributed by atoms with Crippen LogP contribution in [0.5, 0.6) is 0 Å². The van der Waals surface area contributed by atoms with E-state index in [9.17, 15) is 14.4 Å². The Balaban J connectivity index is 0.000000180. The molecule has 6 atom stereocenters. The summed E-state index contributed by atoms with van der Waals surface area (Å²) in [6.45, 7) is 18.4. The Hall–Kier alpha value is -4.73. The van der Waals surface area contributed by atoms with Crippen molar-refractivity contribution < 1.29 is 23.2 Å². The maximum Gasteiger partial charge on any atom is 0.299 e. The molecule has 4 aliphatic rings. The molecule has 3 N–H and O–H groups in total. The van der Waals surface area contributed by atoms with Crippen LogP contribution in [0.25, 0.3) is 22.2 Å². The first-order chi connectivity index (χ1) is 28.6. The van der Waals surface area contributed by atoms with E-state index in [1.54, 1.807) is 6.92 Å². The molecule has 8 rings (SSSR count). The number of aromatic nitrogens is 2. The van der Waals surface area contributed by atoms with Crippen molar-refractivity contribution in [3.05, 3.63) is 48.5 Å². The second kappa shape index (κ2) is 19.6. The van der Waals surface area contributed by atoms with Gasteiger partial charge in [0.2, 0.25) is 17.7 Å². The monoisotopic (exact) mass is 813 g/mol. The van der Waals surface area contributed by atoms with Gasteiger partial charge in [0.15, 0.2) is 11.2 Å². The Labute approximate surface area is 348 Å². The third-order valence-corrected chi connectivity index (χ3v) is 12.6. The quantitative estimate of drug-likeness (QED) is 0.210. The minimum atomic E-state index is -0.258. The fraction of sp³-hybridized carbons (Fsp3) is 0.614. The lowest BCUT2D eigenvalue weighted by Crippen LogP contribution is -2.59. The SMILES string of the molecule is CC(=O)N1C[C@@H](C)N(CCNC(=O)[C@@H]2CCCCN2c2nc3ccccc3o2)[C@@H](C)C1.C[C@@H]1CNC[C@H](C)N1CCNC(=O)[C@@H]1CCCCN1c1nc2ccccc2o1. The first-order valence-electron chi connectivity index (χ1n) is 21.8. The Morgan fingerprint density at radius 3 is 1.54 bits per heavy atom. The summed E-state index contributed by atoms with van der Waals surface area (Å²) >= 11 is 0. The highest BCUT2D eigenvalue weighted by Crippen LogP contribution is 2.29. The number of nitrogens with zero attached hydrogens (tertiary/aromatic N) is 7. The molecule has 2 aromatic heterocycles. The second-order valence-electron chi connectivity index (χ2n) is 16.9. The highest BCUT2D eigenvalue weighted by atomic mass is 16.4. The summed E-state index contributed by atoms with van der Waals surface area (Å²) in [4.78, 5) is 57.7. The fourth-order valence-electron chi connectivity index (χ4n) is 9.35. The van der Waals surface area contributed by atoms with Crippen molar-refractivity contribution in [2.24, 2.45) is 0 Å². The van der Waals surface area contributed by atoms with Gasteiger partial charge >= 0.3 is 0 Å². The summed E-state index contributed by atoms with van der Waals surface area (Å²) in [6, 6.07) is 17.6. The lowest BCUT2D eigenvalue weighted by atomic mass is 10.0. The van der Waals surface area contributed by atoms with E-state index in [0.717, 1.165) is 113 Å². The van der Waals surface area contributed by atoms with Crippen LogP contribution in [0.3, 0.4) is 0 Å². The number of piperidine rings is 2. The summed E-state index contributed by atoms with van der Waals surface area (Å²) in [5.74, 6) is 0.241. The van der Waals surface area contributed by atoms with Gasteiger partial charge in [-0.2, -0.15) is 9.97 Å². The summed E-state index contributed by atoms with van der Waals surface area (Å²) in [6.07, 6.45) is 5.80. The number of fused-ring (bicyclic) bond motifs is 2. The number of carbonyl (C=O) groups excluding carboxylic acids is 3. The predicted octanol–water partition coefficient (Wildman–Crippen LogP) is 4.23. The number of rotatable bonds is 10. The lowest BCUT2D eigenvalue weighted by Gasteiger charge is -2.44. The number of para-hydroxylation sites is 4. The normalized spacial score (nSPS) is 25.7. The van der Waals surface area contributed by atoms with E-state index < -0.39 is 0 Å². The molecule has 4 saturated heterocycles. The molecule has 2 aromatic carbocycles. The van der Waals surface area contributed by atoms with Gasteiger partial charge < -0.3 is 39.5 Å². The van der Waals surface area contributed by atoms with Gasteiger partial charge in [-0.15, -0.1) is 0 Å². The van der Waals surface area contributed by atoms with Gasteiger partial charge in [-0.05, 0) is 90.5 Å². The summed E-state index contributed by atoms with van der Waals surface area (Å²) in [5.41, 5.74) is 3.16. The van der Waals surface area contributed by atoms with Crippen LogP contribution in [0, 0.1) is 0 Å². The number of benzene rings is 2. The van der Waals surface area contributed by atoms with E-state index in [-0.39, 0.29) is 41.9 Å². The standard InChI is InChI=1S/C23H33N5O3.C21H31N5O2/c1-16-14-26(18(3)29)15-17(2)27(16)13-11-24-22(30)20-9-6-7-12-28(20)23-25-19-8-4-5-10-21(19)31-23;1-15-13-22-14-16(2)25(15)12-10-23-20(27)18-8-5-6-11-26(18)21-24-17-7-3-4-9-19(17)28-21/h4-5,8,10,16-17,20H,6-7,9,11-15H2,1-3H3,(H,24,30);3-4,7,9,15-16,18,22H,5-6,8,10-14H2,1-2H3,(H,23,27)/t16-,17+,20-;15-,16+,18-/m00/s1. The van der Waals surface area contributed by atoms with Crippen molar-refractivity contribution in [3.63, 3.8) is 0 Å². The molecule has 4 aliphatic heterocycles. The van der Waals surface area contributed by atoms with Gasteiger partial charge in [-0.25, -0.2) is 0 Å². The minimum absolute atomic E-state index is 0.0321. The Bertz CT molecular complexity index is 1930. The van der Waals surface area contributed by atoms with E-state index in [4.69, 9.17) is 8.83 Å². The summed E-state index contributed by atoms with van der Waals surface area (Å²) < 4.78 is 11.9. The molecule has 320 valence electrons. The van der Waals surface area contributed by atoms with Crippen LogP contribution >= 0.6 is 0 Å². The zero-order chi connectivity index (χ0) is 41.5. The molecule has 0 saturated carbocycles. The van der Waals surface area contributed by atoms with Crippen molar-refractivity contribution in [2.75, 3.05) is 75.2 Å². The number of hydrogen-bond acceptors (Lipinski definition) is 12. The van der Waals surface area contributed by atoms with Crippen LogP contribution in [0.2, 0.25) is 0 Å². The topological polar surface area (TPSA) is 156 Å². The predicted molar refractivity (Wildman–Crippen MR) is 230 cm³/mol. The average Bonchev–Trinajstić information content (AvgIpc) is 3.88. The number of carbonyl (C=O) groups is 3. The maximum absolute atomic E-state index is 13.0. The maximum atomic E-state index is 13.0. The summed E-state index contributed by atoms with van der Waals surface area (Å²) in [7, 11) is 0. The first kappa shape index (κ1) is 42.4. The Kier molecular flexibility index (Phi) is 14.1. The van der Waals surface area contributed by atoms with Crippen molar-refractivity contribution in [3.8, 4) is 0 Å². The number of hydrogen-bond donors (Lipinski definition) is 3.